The molecule has 0 radical (unpaired) electrons. The van der Waals surface area contributed by atoms with E-state index in [1.165, 1.54) is 34.2 Å². The Balaban J connectivity index is 1.47. The fourth-order valence-electron chi connectivity index (χ4n) is 4.51. The quantitative estimate of drug-likeness (QED) is 0.651. The summed E-state index contributed by atoms with van der Waals surface area (Å²) in [5.74, 6) is -0.230. The van der Waals surface area contributed by atoms with E-state index < -0.39 is 10.0 Å². The van der Waals surface area contributed by atoms with Crippen LogP contribution < -0.4 is 15.0 Å². The molecule has 176 valence electrons. The highest BCUT2D eigenvalue weighted by atomic mass is 32.2. The van der Waals surface area contributed by atoms with E-state index in [4.69, 9.17) is 4.74 Å². The summed E-state index contributed by atoms with van der Waals surface area (Å²) in [7, 11) is -3.68. The van der Waals surface area contributed by atoms with Gasteiger partial charge < -0.3 is 15.0 Å². The van der Waals surface area contributed by atoms with Crippen LogP contribution in [0.15, 0.2) is 23.1 Å². The van der Waals surface area contributed by atoms with Gasteiger partial charge in [0.05, 0.1) is 10.6 Å². The standard InChI is InChI=1S/C22H32N4O5S/c27-21(23-9-14-24-10-5-6-11-24)16-26-19-15-18(7-8-20(19)31-17-22(26)28)32(29,30)25-12-3-1-2-4-13-25/h7-8,15H,1-6,9-14,16-17H2,(H,23,27). The molecule has 1 N–H and O–H groups in total. The van der Waals surface area contributed by atoms with Crippen molar-refractivity contribution in [2.75, 3.05) is 57.3 Å². The highest BCUT2D eigenvalue weighted by Gasteiger charge is 2.31. The Morgan fingerprint density at radius 3 is 2.41 bits per heavy atom. The van der Waals surface area contributed by atoms with Gasteiger partial charge in [-0.15, -0.1) is 0 Å². The summed E-state index contributed by atoms with van der Waals surface area (Å²) >= 11 is 0. The molecular weight excluding hydrogens is 432 g/mol. The second-order valence-electron chi connectivity index (χ2n) is 8.62. The first-order valence-corrected chi connectivity index (χ1v) is 13.0. The summed E-state index contributed by atoms with van der Waals surface area (Å²) in [4.78, 5) is 28.8. The summed E-state index contributed by atoms with van der Waals surface area (Å²) < 4.78 is 33.4. The monoisotopic (exact) mass is 464 g/mol. The van der Waals surface area contributed by atoms with E-state index in [1.54, 1.807) is 6.07 Å². The van der Waals surface area contributed by atoms with Crippen molar-refractivity contribution in [1.82, 2.24) is 14.5 Å². The zero-order valence-corrected chi connectivity index (χ0v) is 19.2. The van der Waals surface area contributed by atoms with Crippen molar-refractivity contribution in [3.05, 3.63) is 18.2 Å². The van der Waals surface area contributed by atoms with Gasteiger partial charge in [0.25, 0.3) is 5.91 Å². The maximum Gasteiger partial charge on any atom is 0.265 e. The van der Waals surface area contributed by atoms with Crippen LogP contribution in [0.4, 0.5) is 5.69 Å². The van der Waals surface area contributed by atoms with E-state index in [0.717, 1.165) is 45.3 Å². The zero-order chi connectivity index (χ0) is 22.6. The van der Waals surface area contributed by atoms with Crippen LogP contribution in [0, 0.1) is 0 Å². The third-order valence-corrected chi connectivity index (χ3v) is 8.22. The number of likely N-dealkylation sites (tertiary alicyclic amines) is 1. The van der Waals surface area contributed by atoms with Crippen molar-refractivity contribution in [2.24, 2.45) is 0 Å². The number of benzene rings is 1. The van der Waals surface area contributed by atoms with Gasteiger partial charge in [0, 0.05) is 26.2 Å². The maximum absolute atomic E-state index is 13.2. The van der Waals surface area contributed by atoms with Crippen molar-refractivity contribution in [3.63, 3.8) is 0 Å². The minimum absolute atomic E-state index is 0.121. The second-order valence-corrected chi connectivity index (χ2v) is 10.6. The van der Waals surface area contributed by atoms with Crippen LogP contribution in [0.3, 0.4) is 0 Å². The Morgan fingerprint density at radius 2 is 1.69 bits per heavy atom. The highest BCUT2D eigenvalue weighted by molar-refractivity contribution is 7.89. The second kappa shape index (κ2) is 10.2. The fourth-order valence-corrected chi connectivity index (χ4v) is 6.04. The zero-order valence-electron chi connectivity index (χ0n) is 18.4. The molecule has 10 heteroatoms. The van der Waals surface area contributed by atoms with Gasteiger partial charge in [-0.3, -0.25) is 14.5 Å². The van der Waals surface area contributed by atoms with E-state index in [9.17, 15) is 18.0 Å². The summed E-state index contributed by atoms with van der Waals surface area (Å²) in [6.45, 7) is 4.08. The van der Waals surface area contributed by atoms with Crippen molar-refractivity contribution in [1.29, 1.82) is 0 Å². The minimum Gasteiger partial charge on any atom is -0.482 e. The van der Waals surface area contributed by atoms with Gasteiger partial charge in [-0.25, -0.2) is 8.42 Å². The number of fused-ring (bicyclic) bond motifs is 1. The SMILES string of the molecule is O=C(CN1C(=O)COc2ccc(S(=O)(=O)N3CCCCCC3)cc21)NCCN1CCCC1. The average molecular weight is 465 g/mol. The number of ether oxygens (including phenoxy) is 1. The van der Waals surface area contributed by atoms with Crippen LogP contribution in [0.1, 0.15) is 38.5 Å². The van der Waals surface area contributed by atoms with Gasteiger partial charge in [0.2, 0.25) is 15.9 Å². The van der Waals surface area contributed by atoms with E-state index in [-0.39, 0.29) is 29.9 Å². The van der Waals surface area contributed by atoms with Gasteiger partial charge in [-0.2, -0.15) is 4.31 Å². The van der Waals surface area contributed by atoms with Gasteiger partial charge in [0.1, 0.15) is 12.3 Å². The molecule has 0 unspecified atom stereocenters. The van der Waals surface area contributed by atoms with Crippen molar-refractivity contribution < 1.29 is 22.7 Å². The largest absolute Gasteiger partial charge is 0.482 e. The van der Waals surface area contributed by atoms with Crippen LogP contribution in [0.5, 0.6) is 5.75 Å². The number of carbonyl (C=O) groups excluding carboxylic acids is 2. The third-order valence-electron chi connectivity index (χ3n) is 6.33. The molecular formula is C22H32N4O5S. The Kier molecular flexibility index (Phi) is 7.32. The first kappa shape index (κ1) is 23.0. The molecule has 3 heterocycles. The average Bonchev–Trinajstić information content (AvgIpc) is 3.14. The number of sulfonamides is 1. The molecule has 1 aromatic carbocycles. The van der Waals surface area contributed by atoms with Crippen molar-refractivity contribution in [3.8, 4) is 5.75 Å². The Bertz CT molecular complexity index is 938. The molecule has 0 spiro atoms. The smallest absolute Gasteiger partial charge is 0.265 e. The molecule has 3 aliphatic heterocycles. The normalized spacial score (nSPS) is 20.5. The molecule has 1 aromatic rings. The number of hydrogen-bond donors (Lipinski definition) is 1. The van der Waals surface area contributed by atoms with Crippen LogP contribution in [0.25, 0.3) is 0 Å². The number of rotatable bonds is 7. The third kappa shape index (κ3) is 5.24. The summed E-state index contributed by atoms with van der Waals surface area (Å²) in [6, 6.07) is 4.55. The molecule has 32 heavy (non-hydrogen) atoms. The Labute approximate surface area is 189 Å². The van der Waals surface area contributed by atoms with Crippen molar-refractivity contribution in [2.45, 2.75) is 43.4 Å². The van der Waals surface area contributed by atoms with Gasteiger partial charge in [-0.1, -0.05) is 12.8 Å². The van der Waals surface area contributed by atoms with E-state index in [0.29, 0.717) is 31.1 Å². The molecule has 2 saturated heterocycles. The predicted octanol–water partition coefficient (Wildman–Crippen LogP) is 1.19. The first-order valence-electron chi connectivity index (χ1n) is 11.5. The van der Waals surface area contributed by atoms with Gasteiger partial charge in [0.15, 0.2) is 6.61 Å². The molecule has 2 fully saturated rings. The predicted molar refractivity (Wildman–Crippen MR) is 120 cm³/mol. The highest BCUT2D eigenvalue weighted by Crippen LogP contribution is 2.35. The summed E-state index contributed by atoms with van der Waals surface area (Å²) in [6.07, 6.45) is 6.12. The number of nitrogens with zero attached hydrogens (tertiary/aromatic N) is 3. The van der Waals surface area contributed by atoms with Crippen molar-refractivity contribution >= 4 is 27.5 Å². The van der Waals surface area contributed by atoms with Crippen LogP contribution in [-0.4, -0.2) is 81.9 Å². The summed E-state index contributed by atoms with van der Waals surface area (Å²) in [5, 5.41) is 2.87. The molecule has 3 aliphatic rings. The number of nitrogens with one attached hydrogen (secondary N) is 1. The number of hydrogen-bond acceptors (Lipinski definition) is 6. The Morgan fingerprint density at radius 1 is 1.00 bits per heavy atom. The minimum atomic E-state index is -3.68. The molecule has 0 saturated carbocycles. The van der Waals surface area contributed by atoms with E-state index in [2.05, 4.69) is 10.2 Å². The fraction of sp³-hybridized carbons (Fsp3) is 0.636. The topological polar surface area (TPSA) is 99.3 Å². The van der Waals surface area contributed by atoms with Crippen LogP contribution >= 0.6 is 0 Å². The maximum atomic E-state index is 13.2. The molecule has 4 rings (SSSR count). The van der Waals surface area contributed by atoms with E-state index in [1.807, 2.05) is 0 Å². The summed E-state index contributed by atoms with van der Waals surface area (Å²) in [5.41, 5.74) is 0.326. The molecule has 2 amide bonds. The van der Waals surface area contributed by atoms with Crippen LogP contribution in [0.2, 0.25) is 0 Å². The lowest BCUT2D eigenvalue weighted by Gasteiger charge is -2.30. The number of anilines is 1. The first-order chi connectivity index (χ1) is 15.4. The number of amides is 2. The molecule has 0 atom stereocenters. The lowest BCUT2D eigenvalue weighted by molar-refractivity contribution is -0.125. The Hall–Kier alpha value is -2.17. The van der Waals surface area contributed by atoms with Crippen LogP contribution in [-0.2, 0) is 19.6 Å². The van der Waals surface area contributed by atoms with E-state index >= 15 is 0 Å². The molecule has 0 aliphatic carbocycles. The number of carbonyl (C=O) groups is 2. The van der Waals surface area contributed by atoms with Gasteiger partial charge in [-0.05, 0) is 57.0 Å². The molecule has 0 aromatic heterocycles. The molecule has 9 nitrogen and oxygen atoms in total. The molecule has 0 bridgehead atoms. The lowest BCUT2D eigenvalue weighted by atomic mass is 10.2. The lowest BCUT2D eigenvalue weighted by Crippen LogP contribution is -2.46. The van der Waals surface area contributed by atoms with Gasteiger partial charge >= 0.3 is 0 Å².